The second-order valence-electron chi connectivity index (χ2n) is 2.78. The van der Waals surface area contributed by atoms with Crippen LogP contribution in [-0.2, 0) is 4.42 Å². The first-order valence-electron chi connectivity index (χ1n) is 2.93. The maximum absolute atomic E-state index is 10.9. The lowest BCUT2D eigenvalue weighted by Gasteiger charge is -2.18. The zero-order valence-electron chi connectivity index (χ0n) is 5.89. The number of allylic oxidation sites excluding steroid dienone is 1. The predicted molar refractivity (Wildman–Crippen MR) is 32.5 cm³/mol. The summed E-state index contributed by atoms with van der Waals surface area (Å²) in [4.78, 5) is 0. The second-order valence-corrected chi connectivity index (χ2v) is 2.78. The van der Waals surface area contributed by atoms with E-state index in [4.69, 9.17) is 4.42 Å². The molecule has 0 fully saturated rings. The molecule has 2 heteroatoms. The number of rotatable bonds is 0. The van der Waals surface area contributed by atoms with Crippen LogP contribution in [0.25, 0.3) is 0 Å². The van der Waals surface area contributed by atoms with E-state index in [1.165, 1.54) is 6.26 Å². The molecule has 0 saturated heterocycles. The van der Waals surface area contributed by atoms with Gasteiger partial charge in [-0.15, -0.1) is 0 Å². The van der Waals surface area contributed by atoms with Crippen molar-refractivity contribution >= 4 is 5.78 Å². The highest BCUT2D eigenvalue weighted by Crippen LogP contribution is 2.26. The molecule has 0 N–H and O–H groups in total. The third-order valence-electron chi connectivity index (χ3n) is 1.84. The van der Waals surface area contributed by atoms with Gasteiger partial charge < -0.3 is 5.11 Å². The first-order chi connectivity index (χ1) is 4.05. The van der Waals surface area contributed by atoms with Gasteiger partial charge in [-0.2, -0.15) is 0 Å². The standard InChI is InChI=1S/C7H10O2/c1-5-7(2,3)6(8)4-9-5/h4H,1-3H3. The van der Waals surface area contributed by atoms with Crippen molar-refractivity contribution in [1.29, 1.82) is 0 Å². The molecule has 0 radical (unpaired) electrons. The van der Waals surface area contributed by atoms with Crippen LogP contribution >= 0.6 is 0 Å². The predicted octanol–water partition coefficient (Wildman–Crippen LogP) is 0.353. The quantitative estimate of drug-likeness (QED) is 0.431. The van der Waals surface area contributed by atoms with Gasteiger partial charge in [-0.3, -0.25) is 0 Å². The average molecular weight is 126 g/mol. The van der Waals surface area contributed by atoms with E-state index in [9.17, 15) is 5.11 Å². The Bertz CT molecular complexity index is 167. The van der Waals surface area contributed by atoms with Gasteiger partial charge in [0.2, 0.25) is 0 Å². The minimum absolute atomic E-state index is 0.0556. The van der Waals surface area contributed by atoms with Gasteiger partial charge in [-0.05, 0) is 19.6 Å². The Hall–Kier alpha value is -0.790. The molecule has 1 heterocycles. The van der Waals surface area contributed by atoms with Crippen molar-refractivity contribution in [2.45, 2.75) is 20.8 Å². The summed E-state index contributed by atoms with van der Waals surface area (Å²) in [6, 6.07) is 0. The maximum atomic E-state index is 10.9. The fourth-order valence-electron chi connectivity index (χ4n) is 0.610. The van der Waals surface area contributed by atoms with Crippen molar-refractivity contribution in [1.82, 2.24) is 0 Å². The molecule has 0 spiro atoms. The van der Waals surface area contributed by atoms with E-state index < -0.39 is 0 Å². The Morgan fingerprint density at radius 3 is 2.22 bits per heavy atom. The van der Waals surface area contributed by atoms with Crippen LogP contribution in [0.15, 0.2) is 12.0 Å². The summed E-state index contributed by atoms with van der Waals surface area (Å²) in [5.41, 5.74) is -0.389. The summed E-state index contributed by atoms with van der Waals surface area (Å²) in [6.45, 7) is 5.53. The van der Waals surface area contributed by atoms with Crippen molar-refractivity contribution < 1.29 is 9.53 Å². The Morgan fingerprint density at radius 1 is 1.56 bits per heavy atom. The molecule has 0 aromatic heterocycles. The monoisotopic (exact) mass is 126 g/mol. The second kappa shape index (κ2) is 1.59. The Kier molecular flexibility index (Phi) is 1.12. The van der Waals surface area contributed by atoms with Crippen LogP contribution in [0, 0.1) is 5.41 Å². The average Bonchev–Trinajstić information content (AvgIpc) is 1.96. The molecular weight excluding hydrogens is 116 g/mol. The Labute approximate surface area is 54.5 Å². The molecule has 9 heavy (non-hydrogen) atoms. The van der Waals surface area contributed by atoms with Gasteiger partial charge in [-0.25, -0.2) is 4.42 Å². The van der Waals surface area contributed by atoms with Gasteiger partial charge >= 0.3 is 12.0 Å². The molecule has 1 rings (SSSR count). The molecule has 0 aromatic carbocycles. The minimum atomic E-state index is -0.389. The topological polar surface area (TPSA) is 34.4 Å². The van der Waals surface area contributed by atoms with E-state index >= 15 is 0 Å². The molecule has 50 valence electrons. The minimum Gasteiger partial charge on any atom is -0.869 e. The fraction of sp³-hybridized carbons (Fsp3) is 0.571. The van der Waals surface area contributed by atoms with Crippen molar-refractivity contribution in [3.05, 3.63) is 12.0 Å². The SMILES string of the molecule is CC1=[O+]C=C([O-])C1(C)C. The summed E-state index contributed by atoms with van der Waals surface area (Å²) < 4.78 is 4.92. The molecular formula is C7H10O2. The molecule has 2 nitrogen and oxygen atoms in total. The summed E-state index contributed by atoms with van der Waals surface area (Å²) in [5, 5.41) is 10.9. The van der Waals surface area contributed by atoms with Crippen LogP contribution in [0.2, 0.25) is 0 Å². The van der Waals surface area contributed by atoms with Gasteiger partial charge in [-0.1, -0.05) is 0 Å². The van der Waals surface area contributed by atoms with Crippen LogP contribution in [-0.4, -0.2) is 5.78 Å². The van der Waals surface area contributed by atoms with Crippen LogP contribution in [0.3, 0.4) is 0 Å². The van der Waals surface area contributed by atoms with Crippen LogP contribution in [0.4, 0.5) is 0 Å². The summed E-state index contributed by atoms with van der Waals surface area (Å²) in [7, 11) is 0. The van der Waals surface area contributed by atoms with Gasteiger partial charge in [0.25, 0.3) is 0 Å². The van der Waals surface area contributed by atoms with E-state index in [1.807, 2.05) is 20.8 Å². The Balaban J connectivity index is 2.96. The van der Waals surface area contributed by atoms with Crippen molar-refractivity contribution in [3.63, 3.8) is 0 Å². The third kappa shape index (κ3) is 0.745. The molecule has 0 saturated carbocycles. The largest absolute Gasteiger partial charge is 0.869 e. The first-order valence-corrected chi connectivity index (χ1v) is 2.93. The van der Waals surface area contributed by atoms with Gasteiger partial charge in [0.05, 0.1) is 5.41 Å². The fourth-order valence-corrected chi connectivity index (χ4v) is 0.610. The lowest BCUT2D eigenvalue weighted by molar-refractivity contribution is -0.384. The van der Waals surface area contributed by atoms with Crippen molar-refractivity contribution in [3.8, 4) is 0 Å². The van der Waals surface area contributed by atoms with Crippen LogP contribution in [0.1, 0.15) is 20.8 Å². The molecule has 0 aliphatic carbocycles. The van der Waals surface area contributed by atoms with Crippen molar-refractivity contribution in [2.75, 3.05) is 0 Å². The van der Waals surface area contributed by atoms with Gasteiger partial charge in [0, 0.05) is 6.92 Å². The van der Waals surface area contributed by atoms with Gasteiger partial charge in [0.15, 0.2) is 0 Å². The lowest BCUT2D eigenvalue weighted by Crippen LogP contribution is -2.27. The van der Waals surface area contributed by atoms with Crippen LogP contribution < -0.4 is 5.11 Å². The van der Waals surface area contributed by atoms with Gasteiger partial charge in [0.1, 0.15) is 0 Å². The molecule has 1 aliphatic heterocycles. The van der Waals surface area contributed by atoms with E-state index in [2.05, 4.69) is 0 Å². The molecule has 0 atom stereocenters. The normalized spacial score (nSPS) is 23.4. The number of carbonyl (C=O) groups excluding carboxylic acids is 1. The highest BCUT2D eigenvalue weighted by Gasteiger charge is 2.35. The Morgan fingerprint density at radius 2 is 2.11 bits per heavy atom. The first kappa shape index (κ1) is 6.33. The van der Waals surface area contributed by atoms with Crippen molar-refractivity contribution in [2.24, 2.45) is 5.41 Å². The molecule has 0 bridgehead atoms. The number of hydrogen-bond donors (Lipinski definition) is 0. The van der Waals surface area contributed by atoms with Crippen LogP contribution in [0.5, 0.6) is 0 Å². The van der Waals surface area contributed by atoms with E-state index in [0.717, 1.165) is 5.78 Å². The lowest BCUT2D eigenvalue weighted by atomic mass is 9.88. The molecule has 0 unspecified atom stereocenters. The summed E-state index contributed by atoms with van der Waals surface area (Å²) in [5.74, 6) is 0.840. The van der Waals surface area contributed by atoms with E-state index in [-0.39, 0.29) is 11.2 Å². The number of hydrogen-bond acceptors (Lipinski definition) is 1. The zero-order valence-corrected chi connectivity index (χ0v) is 5.89. The molecule has 1 aliphatic rings. The van der Waals surface area contributed by atoms with E-state index in [0.29, 0.717) is 0 Å². The highest BCUT2D eigenvalue weighted by atomic mass is 16.4. The summed E-state index contributed by atoms with van der Waals surface area (Å²) >= 11 is 0. The third-order valence-corrected chi connectivity index (χ3v) is 1.84. The molecule has 0 amide bonds. The zero-order chi connectivity index (χ0) is 7.07. The summed E-state index contributed by atoms with van der Waals surface area (Å²) in [6.07, 6.45) is 1.27. The smallest absolute Gasteiger partial charge is 0.311 e. The highest BCUT2D eigenvalue weighted by molar-refractivity contribution is 5.85. The molecule has 0 aromatic rings. The maximum Gasteiger partial charge on any atom is 0.311 e. The number of ketones is 1. The van der Waals surface area contributed by atoms with E-state index in [1.54, 1.807) is 0 Å².